The van der Waals surface area contributed by atoms with Crippen molar-refractivity contribution in [1.29, 1.82) is 0 Å². The first kappa shape index (κ1) is 10.5. The molecular weight excluding hydrogens is 210 g/mol. The van der Waals surface area contributed by atoms with Crippen molar-refractivity contribution >= 4 is 5.78 Å². The zero-order chi connectivity index (χ0) is 11.4. The molecule has 1 saturated heterocycles. The Morgan fingerprint density at radius 2 is 1.59 bits per heavy atom. The van der Waals surface area contributed by atoms with Crippen LogP contribution in [0.15, 0.2) is 0 Å². The molecule has 0 aromatic carbocycles. The second-order valence-electron chi connectivity index (χ2n) is 7.01. The van der Waals surface area contributed by atoms with Gasteiger partial charge in [-0.25, -0.2) is 0 Å². The normalized spacial score (nSPS) is 52.0. The molecule has 0 aromatic heterocycles. The van der Waals surface area contributed by atoms with Gasteiger partial charge in [0.15, 0.2) is 5.78 Å². The van der Waals surface area contributed by atoms with Crippen LogP contribution in [0.4, 0.5) is 0 Å². The fourth-order valence-electron chi connectivity index (χ4n) is 5.55. The molecular formula is C15H23NO. The Morgan fingerprint density at radius 1 is 0.941 bits per heavy atom. The van der Waals surface area contributed by atoms with Crippen molar-refractivity contribution in [3.8, 4) is 0 Å². The summed E-state index contributed by atoms with van der Waals surface area (Å²) in [7, 11) is 0. The summed E-state index contributed by atoms with van der Waals surface area (Å²) in [4.78, 5) is 12.7. The van der Waals surface area contributed by atoms with Gasteiger partial charge in [0.1, 0.15) is 0 Å². The predicted octanol–water partition coefficient (Wildman–Crippen LogP) is 2.38. The summed E-state index contributed by atoms with van der Waals surface area (Å²) >= 11 is 0. The lowest BCUT2D eigenvalue weighted by Gasteiger charge is -2.54. The largest absolute Gasteiger partial charge is 0.307 e. The number of carbonyl (C=O) groups is 1. The van der Waals surface area contributed by atoms with E-state index in [1.807, 2.05) is 0 Å². The van der Waals surface area contributed by atoms with Gasteiger partial charge in [0, 0.05) is 5.92 Å². The molecule has 5 rings (SSSR count). The molecule has 2 heteroatoms. The lowest BCUT2D eigenvalue weighted by Crippen LogP contribution is -2.51. The first-order chi connectivity index (χ1) is 8.31. The van der Waals surface area contributed by atoms with Gasteiger partial charge >= 0.3 is 0 Å². The number of nitrogens with one attached hydrogen (secondary N) is 1. The summed E-state index contributed by atoms with van der Waals surface area (Å²) < 4.78 is 0. The number of hydrogen-bond donors (Lipinski definition) is 1. The molecule has 4 saturated carbocycles. The standard InChI is InChI=1S/C15H23NO/c17-15(13-2-1-3-16-13)14-11-5-9-4-10(7-11)8-12(14)6-9/h9-14,16H,1-8H2. The van der Waals surface area contributed by atoms with Gasteiger partial charge in [-0.15, -0.1) is 0 Å². The molecule has 0 spiro atoms. The van der Waals surface area contributed by atoms with E-state index in [-0.39, 0.29) is 6.04 Å². The summed E-state index contributed by atoms with van der Waals surface area (Å²) in [6.45, 7) is 1.06. The highest BCUT2D eigenvalue weighted by Crippen LogP contribution is 2.57. The highest BCUT2D eigenvalue weighted by Gasteiger charge is 2.51. The lowest BCUT2D eigenvalue weighted by molar-refractivity contribution is -0.137. The van der Waals surface area contributed by atoms with Gasteiger partial charge in [-0.3, -0.25) is 4.79 Å². The number of ketones is 1. The summed E-state index contributed by atoms with van der Waals surface area (Å²) in [5.74, 6) is 4.54. The molecule has 5 aliphatic rings. The fraction of sp³-hybridized carbons (Fsp3) is 0.933. The summed E-state index contributed by atoms with van der Waals surface area (Å²) in [6.07, 6.45) is 9.26. The molecule has 0 radical (unpaired) electrons. The molecule has 94 valence electrons. The molecule has 1 unspecified atom stereocenters. The highest BCUT2D eigenvalue weighted by molar-refractivity contribution is 5.87. The van der Waals surface area contributed by atoms with Crippen molar-refractivity contribution in [1.82, 2.24) is 5.32 Å². The molecule has 5 fully saturated rings. The number of hydrogen-bond acceptors (Lipinski definition) is 2. The monoisotopic (exact) mass is 233 g/mol. The average molecular weight is 233 g/mol. The van der Waals surface area contributed by atoms with Crippen LogP contribution in [0.3, 0.4) is 0 Å². The molecule has 1 heterocycles. The van der Waals surface area contributed by atoms with Crippen LogP contribution in [-0.2, 0) is 4.79 Å². The zero-order valence-corrected chi connectivity index (χ0v) is 10.5. The maximum atomic E-state index is 12.7. The van der Waals surface area contributed by atoms with Gasteiger partial charge in [-0.05, 0) is 75.2 Å². The van der Waals surface area contributed by atoms with Crippen molar-refractivity contribution in [3.63, 3.8) is 0 Å². The van der Waals surface area contributed by atoms with Crippen molar-refractivity contribution in [3.05, 3.63) is 0 Å². The third-order valence-corrected chi connectivity index (χ3v) is 5.96. The molecule has 17 heavy (non-hydrogen) atoms. The van der Waals surface area contributed by atoms with Gasteiger partial charge in [0.05, 0.1) is 6.04 Å². The van der Waals surface area contributed by atoms with Crippen LogP contribution in [-0.4, -0.2) is 18.4 Å². The smallest absolute Gasteiger partial charge is 0.153 e. The Hall–Kier alpha value is -0.370. The Labute approximate surface area is 104 Å². The minimum Gasteiger partial charge on any atom is -0.307 e. The van der Waals surface area contributed by atoms with E-state index in [2.05, 4.69) is 5.32 Å². The van der Waals surface area contributed by atoms with Crippen molar-refractivity contribution in [2.45, 2.75) is 51.0 Å². The van der Waals surface area contributed by atoms with E-state index < -0.39 is 0 Å². The van der Waals surface area contributed by atoms with Crippen LogP contribution < -0.4 is 5.32 Å². The number of carbonyl (C=O) groups excluding carboxylic acids is 1. The van der Waals surface area contributed by atoms with Gasteiger partial charge in [0.2, 0.25) is 0 Å². The van der Waals surface area contributed by atoms with Gasteiger partial charge in [-0.1, -0.05) is 0 Å². The van der Waals surface area contributed by atoms with E-state index in [0.717, 1.165) is 36.6 Å². The third-order valence-electron chi connectivity index (χ3n) is 5.96. The van der Waals surface area contributed by atoms with E-state index in [1.54, 1.807) is 0 Å². The zero-order valence-electron chi connectivity index (χ0n) is 10.5. The predicted molar refractivity (Wildman–Crippen MR) is 66.6 cm³/mol. The van der Waals surface area contributed by atoms with Gasteiger partial charge < -0.3 is 5.32 Å². The van der Waals surface area contributed by atoms with E-state index >= 15 is 0 Å². The Bertz CT molecular complexity index is 304. The second-order valence-corrected chi connectivity index (χ2v) is 7.01. The van der Waals surface area contributed by atoms with Crippen molar-refractivity contribution in [2.75, 3.05) is 6.54 Å². The van der Waals surface area contributed by atoms with Gasteiger partial charge in [-0.2, -0.15) is 0 Å². The van der Waals surface area contributed by atoms with Crippen molar-refractivity contribution in [2.24, 2.45) is 29.6 Å². The molecule has 0 amide bonds. The Kier molecular flexibility index (Phi) is 2.36. The van der Waals surface area contributed by atoms with Gasteiger partial charge in [0.25, 0.3) is 0 Å². The quantitative estimate of drug-likeness (QED) is 0.793. The third kappa shape index (κ3) is 1.60. The first-order valence-corrected chi connectivity index (χ1v) is 7.58. The SMILES string of the molecule is O=C(C1CCCN1)C1C2CC3CC(C2)CC1C3. The maximum Gasteiger partial charge on any atom is 0.153 e. The van der Waals surface area contributed by atoms with Crippen LogP contribution in [0.2, 0.25) is 0 Å². The van der Waals surface area contributed by atoms with Crippen LogP contribution in [0.1, 0.15) is 44.9 Å². The summed E-state index contributed by atoms with van der Waals surface area (Å²) in [5, 5.41) is 3.42. The van der Waals surface area contributed by atoms with Crippen LogP contribution >= 0.6 is 0 Å². The molecule has 4 bridgehead atoms. The summed E-state index contributed by atoms with van der Waals surface area (Å²) in [6, 6.07) is 0.220. The summed E-state index contributed by atoms with van der Waals surface area (Å²) in [5.41, 5.74) is 0. The maximum absolute atomic E-state index is 12.7. The molecule has 1 N–H and O–H groups in total. The first-order valence-electron chi connectivity index (χ1n) is 7.58. The molecule has 1 atom stereocenters. The highest BCUT2D eigenvalue weighted by atomic mass is 16.1. The van der Waals surface area contributed by atoms with Crippen LogP contribution in [0.5, 0.6) is 0 Å². The molecule has 0 aromatic rings. The van der Waals surface area contributed by atoms with E-state index in [9.17, 15) is 4.79 Å². The minimum absolute atomic E-state index is 0.220. The Balaban J connectivity index is 1.55. The van der Waals surface area contributed by atoms with Crippen LogP contribution in [0, 0.1) is 29.6 Å². The Morgan fingerprint density at radius 3 is 2.12 bits per heavy atom. The van der Waals surface area contributed by atoms with Crippen molar-refractivity contribution < 1.29 is 4.79 Å². The average Bonchev–Trinajstić information content (AvgIpc) is 2.80. The number of Topliss-reactive ketones (excluding diaryl/α,β-unsaturated/α-hetero) is 1. The number of rotatable bonds is 2. The minimum atomic E-state index is 0.220. The molecule has 1 aliphatic heterocycles. The van der Waals surface area contributed by atoms with E-state index in [0.29, 0.717) is 11.7 Å². The van der Waals surface area contributed by atoms with E-state index in [1.165, 1.54) is 38.5 Å². The molecule has 2 nitrogen and oxygen atoms in total. The van der Waals surface area contributed by atoms with E-state index in [4.69, 9.17) is 0 Å². The lowest BCUT2D eigenvalue weighted by atomic mass is 9.51. The fourth-order valence-corrected chi connectivity index (χ4v) is 5.55. The topological polar surface area (TPSA) is 29.1 Å². The molecule has 4 aliphatic carbocycles. The van der Waals surface area contributed by atoms with Crippen LogP contribution in [0.25, 0.3) is 0 Å². The second kappa shape index (κ2) is 3.81.